The molecule has 94 valence electrons. The fraction of sp³-hybridized carbons (Fsp3) is 0.167. The average Bonchev–Trinajstić information content (AvgIpc) is 2.33. The Kier molecular flexibility index (Phi) is 4.59. The molecule has 0 aliphatic heterocycles. The Morgan fingerprint density at radius 1 is 1.28 bits per heavy atom. The van der Waals surface area contributed by atoms with E-state index in [4.69, 9.17) is 16.3 Å². The number of rotatable bonds is 3. The standard InChI is InChI=1S/C12H9Br2ClN2O/c1-2-8-11(15)16-6-17-12(8)18-10-4-3-7(13)5-9(10)14/h3-6H,2H2,1H3. The first kappa shape index (κ1) is 13.8. The van der Waals surface area contributed by atoms with Crippen molar-refractivity contribution in [3.8, 4) is 11.6 Å². The highest BCUT2D eigenvalue weighted by molar-refractivity contribution is 9.11. The SMILES string of the molecule is CCc1c(Cl)ncnc1Oc1ccc(Br)cc1Br. The minimum atomic E-state index is 0.427. The summed E-state index contributed by atoms with van der Waals surface area (Å²) in [4.78, 5) is 8.06. The van der Waals surface area contributed by atoms with E-state index in [1.807, 2.05) is 25.1 Å². The van der Waals surface area contributed by atoms with Crippen molar-refractivity contribution in [2.24, 2.45) is 0 Å². The third kappa shape index (κ3) is 3.02. The molecule has 6 heteroatoms. The van der Waals surface area contributed by atoms with Crippen molar-refractivity contribution < 1.29 is 4.74 Å². The van der Waals surface area contributed by atoms with Crippen LogP contribution in [0.3, 0.4) is 0 Å². The number of aromatic nitrogens is 2. The van der Waals surface area contributed by atoms with Gasteiger partial charge in [0.1, 0.15) is 17.2 Å². The van der Waals surface area contributed by atoms with Gasteiger partial charge in [0, 0.05) is 4.47 Å². The summed E-state index contributed by atoms with van der Waals surface area (Å²) in [5, 5.41) is 0.427. The molecule has 0 N–H and O–H groups in total. The predicted octanol–water partition coefficient (Wildman–Crippen LogP) is 5.01. The van der Waals surface area contributed by atoms with E-state index in [1.54, 1.807) is 0 Å². The van der Waals surface area contributed by atoms with Crippen molar-refractivity contribution in [1.29, 1.82) is 0 Å². The van der Waals surface area contributed by atoms with Crippen LogP contribution in [0.5, 0.6) is 11.6 Å². The van der Waals surface area contributed by atoms with Gasteiger partial charge in [-0.25, -0.2) is 9.97 Å². The Bertz CT molecular complexity index is 578. The van der Waals surface area contributed by atoms with E-state index >= 15 is 0 Å². The molecule has 0 radical (unpaired) electrons. The van der Waals surface area contributed by atoms with Gasteiger partial charge in [-0.2, -0.15) is 0 Å². The van der Waals surface area contributed by atoms with Gasteiger partial charge in [0.05, 0.1) is 10.0 Å². The summed E-state index contributed by atoms with van der Waals surface area (Å²) in [5.74, 6) is 1.17. The molecule has 0 saturated heterocycles. The Balaban J connectivity index is 2.37. The molecule has 1 aromatic carbocycles. The summed E-state index contributed by atoms with van der Waals surface area (Å²) in [7, 11) is 0. The Labute approximate surface area is 127 Å². The third-order valence-electron chi connectivity index (χ3n) is 2.31. The Morgan fingerprint density at radius 3 is 2.72 bits per heavy atom. The molecule has 0 aliphatic rings. The molecule has 0 amide bonds. The molecule has 2 aromatic rings. The molecule has 2 rings (SSSR count). The minimum Gasteiger partial charge on any atom is -0.437 e. The molecule has 0 bridgehead atoms. The Morgan fingerprint density at radius 2 is 2.06 bits per heavy atom. The van der Waals surface area contributed by atoms with Gasteiger partial charge in [0.25, 0.3) is 0 Å². The van der Waals surface area contributed by atoms with Crippen LogP contribution < -0.4 is 4.74 Å². The van der Waals surface area contributed by atoms with Crippen LogP contribution in [0.2, 0.25) is 5.15 Å². The van der Waals surface area contributed by atoms with Crippen molar-refractivity contribution in [1.82, 2.24) is 9.97 Å². The molecule has 18 heavy (non-hydrogen) atoms. The predicted molar refractivity (Wildman–Crippen MR) is 78.3 cm³/mol. The van der Waals surface area contributed by atoms with E-state index in [1.165, 1.54) is 6.33 Å². The second-order valence-electron chi connectivity index (χ2n) is 3.48. The molecule has 1 aromatic heterocycles. The summed E-state index contributed by atoms with van der Waals surface area (Å²) >= 11 is 12.8. The topological polar surface area (TPSA) is 35.0 Å². The van der Waals surface area contributed by atoms with Crippen molar-refractivity contribution in [3.05, 3.63) is 44.2 Å². The Hall–Kier alpha value is -0.650. The van der Waals surface area contributed by atoms with Gasteiger partial charge in [-0.3, -0.25) is 0 Å². The van der Waals surface area contributed by atoms with E-state index in [0.29, 0.717) is 23.2 Å². The molecule has 1 heterocycles. The van der Waals surface area contributed by atoms with Gasteiger partial charge in [-0.1, -0.05) is 34.5 Å². The zero-order chi connectivity index (χ0) is 13.1. The van der Waals surface area contributed by atoms with Crippen LogP contribution in [0.1, 0.15) is 12.5 Å². The lowest BCUT2D eigenvalue weighted by molar-refractivity contribution is 0.452. The van der Waals surface area contributed by atoms with Gasteiger partial charge >= 0.3 is 0 Å². The summed E-state index contributed by atoms with van der Waals surface area (Å²) in [6.07, 6.45) is 2.10. The van der Waals surface area contributed by atoms with Crippen molar-refractivity contribution in [2.75, 3.05) is 0 Å². The lowest BCUT2D eigenvalue weighted by atomic mass is 10.2. The van der Waals surface area contributed by atoms with Crippen LogP contribution in [-0.2, 0) is 6.42 Å². The lowest BCUT2D eigenvalue weighted by Gasteiger charge is -2.10. The van der Waals surface area contributed by atoms with E-state index in [9.17, 15) is 0 Å². The average molecular weight is 392 g/mol. The van der Waals surface area contributed by atoms with Crippen molar-refractivity contribution >= 4 is 43.5 Å². The number of benzene rings is 1. The second kappa shape index (κ2) is 5.99. The molecule has 0 fully saturated rings. The van der Waals surface area contributed by atoms with Crippen LogP contribution in [0.15, 0.2) is 33.5 Å². The van der Waals surface area contributed by atoms with Gasteiger partial charge in [0.2, 0.25) is 5.88 Å². The normalized spacial score (nSPS) is 10.4. The molecule has 0 saturated carbocycles. The highest BCUT2D eigenvalue weighted by Gasteiger charge is 2.11. The summed E-state index contributed by atoms with van der Waals surface area (Å²) in [6.45, 7) is 1.98. The smallest absolute Gasteiger partial charge is 0.227 e. The molecule has 0 aliphatic carbocycles. The second-order valence-corrected chi connectivity index (χ2v) is 5.61. The molecule has 0 atom stereocenters. The first-order valence-corrected chi connectivity index (χ1v) is 7.20. The largest absolute Gasteiger partial charge is 0.437 e. The van der Waals surface area contributed by atoms with Gasteiger partial charge in [0.15, 0.2) is 0 Å². The van der Waals surface area contributed by atoms with Gasteiger partial charge in [-0.15, -0.1) is 0 Å². The fourth-order valence-corrected chi connectivity index (χ4v) is 2.81. The maximum atomic E-state index is 6.01. The highest BCUT2D eigenvalue weighted by Crippen LogP contribution is 2.33. The first-order valence-electron chi connectivity index (χ1n) is 5.24. The monoisotopic (exact) mass is 390 g/mol. The molecule has 0 spiro atoms. The maximum absolute atomic E-state index is 6.01. The highest BCUT2D eigenvalue weighted by atomic mass is 79.9. The van der Waals surface area contributed by atoms with E-state index < -0.39 is 0 Å². The van der Waals surface area contributed by atoms with Gasteiger partial charge in [-0.05, 0) is 40.5 Å². The quantitative estimate of drug-likeness (QED) is 0.689. The maximum Gasteiger partial charge on any atom is 0.227 e. The zero-order valence-corrected chi connectivity index (χ0v) is 13.4. The number of hydrogen-bond acceptors (Lipinski definition) is 3. The molecule has 0 unspecified atom stereocenters. The molecular formula is C12H9Br2ClN2O. The number of halogens is 3. The third-order valence-corrected chi connectivity index (χ3v) is 3.75. The summed E-state index contributed by atoms with van der Waals surface area (Å²) < 4.78 is 7.58. The minimum absolute atomic E-state index is 0.427. The fourth-order valence-electron chi connectivity index (χ4n) is 1.42. The summed E-state index contributed by atoms with van der Waals surface area (Å²) in [5.41, 5.74) is 0.800. The van der Waals surface area contributed by atoms with Crippen LogP contribution in [0.4, 0.5) is 0 Å². The van der Waals surface area contributed by atoms with E-state index in [2.05, 4.69) is 41.8 Å². The number of nitrogens with zero attached hydrogens (tertiary/aromatic N) is 2. The van der Waals surface area contributed by atoms with E-state index in [-0.39, 0.29) is 0 Å². The van der Waals surface area contributed by atoms with Crippen molar-refractivity contribution in [2.45, 2.75) is 13.3 Å². The van der Waals surface area contributed by atoms with Crippen LogP contribution in [-0.4, -0.2) is 9.97 Å². The van der Waals surface area contributed by atoms with Crippen LogP contribution >= 0.6 is 43.5 Å². The van der Waals surface area contributed by atoms with E-state index in [0.717, 1.165) is 14.5 Å². The van der Waals surface area contributed by atoms with Gasteiger partial charge < -0.3 is 4.74 Å². The van der Waals surface area contributed by atoms with Crippen LogP contribution in [0, 0.1) is 0 Å². The van der Waals surface area contributed by atoms with Crippen molar-refractivity contribution in [3.63, 3.8) is 0 Å². The summed E-state index contributed by atoms with van der Waals surface area (Å²) in [6, 6.07) is 5.65. The van der Waals surface area contributed by atoms with Crippen LogP contribution in [0.25, 0.3) is 0 Å². The molecule has 3 nitrogen and oxygen atoms in total. The first-order chi connectivity index (χ1) is 8.61. The number of hydrogen-bond donors (Lipinski definition) is 0. The lowest BCUT2D eigenvalue weighted by Crippen LogP contribution is -1.97. The number of ether oxygens (including phenoxy) is 1. The molecular weight excluding hydrogens is 383 g/mol. The zero-order valence-electron chi connectivity index (χ0n) is 9.45.